The van der Waals surface area contributed by atoms with Crippen LogP contribution in [0.3, 0.4) is 0 Å². The minimum absolute atomic E-state index is 0.0446. The van der Waals surface area contributed by atoms with E-state index in [-0.39, 0.29) is 11.4 Å². The number of carbonyl (C=O) groups excluding carboxylic acids is 1. The van der Waals surface area contributed by atoms with Gasteiger partial charge in [-0.15, -0.1) is 0 Å². The molecule has 0 amide bonds. The Hall–Kier alpha value is -4.81. The molecule has 11 heteroatoms. The van der Waals surface area contributed by atoms with Gasteiger partial charge in [-0.05, 0) is 150 Å². The summed E-state index contributed by atoms with van der Waals surface area (Å²) in [4.78, 5) is 18.9. The monoisotopic (exact) mass is 868 g/mol. The molecule has 4 bridgehead atoms. The molecule has 0 heterocycles. The molecule has 0 radical (unpaired) electrons. The summed E-state index contributed by atoms with van der Waals surface area (Å²) in [5, 5.41) is 0. The van der Waals surface area contributed by atoms with Crippen LogP contribution in [-0.2, 0) is 22.7 Å². The molecule has 0 unspecified atom stereocenters. The Morgan fingerprint density at radius 1 is 0.483 bits per heavy atom. The lowest BCUT2D eigenvalue weighted by molar-refractivity contribution is -0.160. The quantitative estimate of drug-likeness (QED) is 0.130. The standard InChI is InChI=1S/C29H30O2S.C20H17F3O3S2/c30-28(29-19-22-16-23(20-29)18-24(17-22)21-29)31-32(25-10-4-1-5-11-25,26-12-6-2-7-13-26)27-14-8-3-9-15-27;21-20(22,23)16-27(24,25)26-28(17-10-4-1-5-11-17,18-12-6-2-7-13-18)19-14-8-3-9-15-19/h1-15,22-24H,16-21H2;1-15H,16H2. The maximum atomic E-state index is 14.2. The molecular formula is C49H47F3O5S3. The van der Waals surface area contributed by atoms with Crippen LogP contribution in [-0.4, -0.2) is 26.3 Å². The summed E-state index contributed by atoms with van der Waals surface area (Å²) in [7, 11) is -10.1. The lowest BCUT2D eigenvalue weighted by Crippen LogP contribution is -2.50. The van der Waals surface area contributed by atoms with Crippen LogP contribution in [0.2, 0.25) is 0 Å². The van der Waals surface area contributed by atoms with Gasteiger partial charge in [-0.2, -0.15) is 21.6 Å². The first-order valence-electron chi connectivity index (χ1n) is 20.1. The fourth-order valence-electron chi connectivity index (χ4n) is 9.69. The van der Waals surface area contributed by atoms with E-state index in [9.17, 15) is 26.4 Å². The van der Waals surface area contributed by atoms with Gasteiger partial charge in [0.2, 0.25) is 0 Å². The van der Waals surface area contributed by atoms with Crippen LogP contribution in [0.15, 0.2) is 211 Å². The highest BCUT2D eigenvalue weighted by Crippen LogP contribution is 2.72. The third-order valence-electron chi connectivity index (χ3n) is 11.7. The third-order valence-corrected chi connectivity index (χ3v) is 20.0. The van der Waals surface area contributed by atoms with Crippen LogP contribution in [0.5, 0.6) is 0 Å². The number of hydrogen-bond acceptors (Lipinski definition) is 5. The summed E-state index contributed by atoms with van der Waals surface area (Å²) in [5.41, 5.74) is -0.286. The molecule has 4 aliphatic carbocycles. The maximum absolute atomic E-state index is 14.2. The highest BCUT2D eigenvalue weighted by atomic mass is 32.3. The average Bonchev–Trinajstić information content (AvgIpc) is 3.25. The highest BCUT2D eigenvalue weighted by Gasteiger charge is 2.57. The first kappa shape index (κ1) is 41.9. The maximum Gasteiger partial charge on any atom is 0.405 e. The molecule has 0 N–H and O–H groups in total. The molecule has 312 valence electrons. The van der Waals surface area contributed by atoms with Crippen molar-refractivity contribution in [2.75, 3.05) is 5.75 Å². The highest BCUT2D eigenvalue weighted by molar-refractivity contribution is 8.33. The molecule has 0 aromatic heterocycles. The molecule has 0 saturated heterocycles. The van der Waals surface area contributed by atoms with Gasteiger partial charge >= 0.3 is 12.1 Å². The molecule has 6 aromatic rings. The predicted octanol–water partition coefficient (Wildman–Crippen LogP) is 13.4. The van der Waals surface area contributed by atoms with E-state index in [1.165, 1.54) is 19.3 Å². The number of carbonyl (C=O) groups is 1. The van der Waals surface area contributed by atoms with Crippen molar-refractivity contribution in [1.29, 1.82) is 0 Å². The summed E-state index contributed by atoms with van der Waals surface area (Å²) in [6, 6.07) is 56.6. The molecule has 5 nitrogen and oxygen atoms in total. The molecular weight excluding hydrogens is 822 g/mol. The van der Waals surface area contributed by atoms with Crippen molar-refractivity contribution in [1.82, 2.24) is 0 Å². The largest absolute Gasteiger partial charge is 0.405 e. The first-order valence-corrected chi connectivity index (χ1v) is 24.8. The topological polar surface area (TPSA) is 69.7 Å². The van der Waals surface area contributed by atoms with E-state index in [1.807, 2.05) is 18.2 Å². The molecule has 10 rings (SSSR count). The van der Waals surface area contributed by atoms with Gasteiger partial charge in [0.1, 0.15) is 0 Å². The van der Waals surface area contributed by atoms with Crippen molar-refractivity contribution in [3.05, 3.63) is 182 Å². The Morgan fingerprint density at radius 3 is 1.02 bits per heavy atom. The van der Waals surface area contributed by atoms with E-state index in [0.717, 1.165) is 33.9 Å². The summed E-state index contributed by atoms with van der Waals surface area (Å²) in [6.07, 6.45) is 2.11. The van der Waals surface area contributed by atoms with E-state index in [1.54, 1.807) is 91.0 Å². The predicted molar refractivity (Wildman–Crippen MR) is 231 cm³/mol. The van der Waals surface area contributed by atoms with Crippen LogP contribution >= 0.6 is 20.6 Å². The second-order valence-corrected chi connectivity index (χ2v) is 23.1. The zero-order valence-corrected chi connectivity index (χ0v) is 35.4. The van der Waals surface area contributed by atoms with Crippen molar-refractivity contribution in [2.24, 2.45) is 23.2 Å². The van der Waals surface area contributed by atoms with Gasteiger partial charge in [-0.3, -0.25) is 4.79 Å². The molecule has 60 heavy (non-hydrogen) atoms. The molecule has 0 atom stereocenters. The molecule has 4 fully saturated rings. The fraction of sp³-hybridized carbons (Fsp3) is 0.245. The van der Waals surface area contributed by atoms with Gasteiger partial charge in [-0.25, -0.2) is 3.63 Å². The fourth-order valence-corrected chi connectivity index (χ4v) is 18.0. The molecule has 0 aliphatic heterocycles. The van der Waals surface area contributed by atoms with Crippen LogP contribution in [0.4, 0.5) is 13.2 Å². The van der Waals surface area contributed by atoms with E-state index in [2.05, 4.69) is 72.8 Å². The normalized spacial score (nSPS) is 21.6. The van der Waals surface area contributed by atoms with Gasteiger partial charge in [-0.1, -0.05) is 109 Å². The zero-order chi connectivity index (χ0) is 41.9. The van der Waals surface area contributed by atoms with Gasteiger partial charge < -0.3 is 4.18 Å². The van der Waals surface area contributed by atoms with Crippen molar-refractivity contribution in [2.45, 2.75) is 74.1 Å². The summed E-state index contributed by atoms with van der Waals surface area (Å²) < 4.78 is 76.0. The van der Waals surface area contributed by atoms with E-state index in [0.29, 0.717) is 32.4 Å². The summed E-state index contributed by atoms with van der Waals surface area (Å²) in [6.45, 7) is 0. The van der Waals surface area contributed by atoms with Crippen LogP contribution in [0, 0.1) is 23.2 Å². The zero-order valence-electron chi connectivity index (χ0n) is 32.9. The Balaban J connectivity index is 0.000000168. The summed E-state index contributed by atoms with van der Waals surface area (Å²) in [5.74, 6) is 0.125. The second kappa shape index (κ2) is 17.3. The Kier molecular flexibility index (Phi) is 12.1. The van der Waals surface area contributed by atoms with E-state index >= 15 is 0 Å². The number of rotatable bonds is 11. The SMILES string of the molecule is O=C(OS(c1ccccc1)(c1ccccc1)c1ccccc1)C12CC3CC(CC(C3)C1)C2.O=S(=O)(CC(F)(F)F)OS(c1ccccc1)(c1ccccc1)c1ccccc1. The van der Waals surface area contributed by atoms with Gasteiger partial charge in [0.25, 0.3) is 10.1 Å². The van der Waals surface area contributed by atoms with Crippen molar-refractivity contribution < 1.29 is 34.2 Å². The average molecular weight is 869 g/mol. The van der Waals surface area contributed by atoms with Gasteiger partial charge in [0.05, 0.1) is 5.41 Å². The number of alkyl halides is 3. The van der Waals surface area contributed by atoms with E-state index in [4.69, 9.17) is 7.81 Å². The Labute approximate surface area is 354 Å². The molecule has 0 spiro atoms. The number of benzene rings is 6. The first-order chi connectivity index (χ1) is 28.9. The van der Waals surface area contributed by atoms with Gasteiger partial charge in [0.15, 0.2) is 5.75 Å². The lowest BCUT2D eigenvalue weighted by atomic mass is 9.49. The minimum atomic E-state index is -4.93. The van der Waals surface area contributed by atoms with Crippen molar-refractivity contribution >= 4 is 36.7 Å². The third kappa shape index (κ3) is 8.68. The summed E-state index contributed by atoms with van der Waals surface area (Å²) >= 11 is 0. The van der Waals surface area contributed by atoms with Crippen LogP contribution in [0.25, 0.3) is 0 Å². The minimum Gasteiger partial charge on any atom is -0.402 e. The smallest absolute Gasteiger partial charge is 0.402 e. The Morgan fingerprint density at radius 2 is 0.750 bits per heavy atom. The van der Waals surface area contributed by atoms with Crippen molar-refractivity contribution in [3.63, 3.8) is 0 Å². The second-order valence-electron chi connectivity index (χ2n) is 15.9. The molecule has 6 aromatic carbocycles. The van der Waals surface area contributed by atoms with Gasteiger partial charge in [0, 0.05) is 29.4 Å². The Bertz CT molecular complexity index is 2230. The van der Waals surface area contributed by atoms with E-state index < -0.39 is 42.7 Å². The van der Waals surface area contributed by atoms with Crippen LogP contribution < -0.4 is 0 Å². The van der Waals surface area contributed by atoms with Crippen LogP contribution in [0.1, 0.15) is 38.5 Å². The lowest BCUT2D eigenvalue weighted by Gasteiger charge is -2.56. The number of hydrogen-bond donors (Lipinski definition) is 0. The molecule has 4 saturated carbocycles. The van der Waals surface area contributed by atoms with Crippen molar-refractivity contribution in [3.8, 4) is 0 Å². The molecule has 4 aliphatic rings. The number of halogens is 3.